The lowest BCUT2D eigenvalue weighted by Gasteiger charge is -2.07. The third-order valence-electron chi connectivity index (χ3n) is 2.47. The number of carbonyl (C=O) groups excluding carboxylic acids is 1. The molecule has 6 nitrogen and oxygen atoms in total. The van der Waals surface area contributed by atoms with Crippen LogP contribution in [-0.2, 0) is 14.8 Å². The van der Waals surface area contributed by atoms with Crippen molar-refractivity contribution < 1.29 is 13.2 Å². The van der Waals surface area contributed by atoms with Gasteiger partial charge in [0, 0.05) is 24.0 Å². The Kier molecular flexibility index (Phi) is 9.80. The van der Waals surface area contributed by atoms with Crippen LogP contribution in [0.15, 0.2) is 33.6 Å². The predicted molar refractivity (Wildman–Crippen MR) is 87.9 cm³/mol. The second-order valence-corrected chi connectivity index (χ2v) is 6.78. The molecule has 9 heteroatoms. The van der Waals surface area contributed by atoms with Gasteiger partial charge in [-0.2, -0.15) is 0 Å². The molecule has 120 valence electrons. The molecular weight excluding hydrogens is 382 g/mol. The first-order chi connectivity index (χ1) is 9.45. The highest BCUT2D eigenvalue weighted by atomic mass is 79.9. The van der Waals surface area contributed by atoms with Crippen LogP contribution < -0.4 is 15.8 Å². The number of benzene rings is 1. The fraction of sp³-hybridized carbons (Fsp3) is 0.417. The number of halogens is 2. The summed E-state index contributed by atoms with van der Waals surface area (Å²) in [6.45, 7) is 1.08. The first kappa shape index (κ1) is 20.3. The first-order valence-electron chi connectivity index (χ1n) is 6.17. The van der Waals surface area contributed by atoms with Gasteiger partial charge in [0.1, 0.15) is 0 Å². The highest BCUT2D eigenvalue weighted by Gasteiger charge is 2.13. The Morgan fingerprint density at radius 3 is 2.38 bits per heavy atom. The molecule has 21 heavy (non-hydrogen) atoms. The Morgan fingerprint density at radius 1 is 1.19 bits per heavy atom. The van der Waals surface area contributed by atoms with Crippen LogP contribution in [0.5, 0.6) is 0 Å². The average Bonchev–Trinajstić information content (AvgIpc) is 2.39. The molecule has 1 aromatic carbocycles. The summed E-state index contributed by atoms with van der Waals surface area (Å²) in [7, 11) is -3.57. The average molecular weight is 401 g/mol. The van der Waals surface area contributed by atoms with E-state index in [0.717, 1.165) is 4.47 Å². The van der Waals surface area contributed by atoms with Crippen molar-refractivity contribution in [2.75, 3.05) is 19.6 Å². The fourth-order valence-electron chi connectivity index (χ4n) is 1.41. The van der Waals surface area contributed by atoms with Crippen molar-refractivity contribution in [1.29, 1.82) is 0 Å². The molecule has 0 heterocycles. The lowest BCUT2D eigenvalue weighted by Crippen LogP contribution is -2.31. The number of nitrogens with two attached hydrogens (primary N) is 1. The van der Waals surface area contributed by atoms with Crippen molar-refractivity contribution >= 4 is 44.3 Å². The number of hydrogen-bond donors (Lipinski definition) is 3. The summed E-state index contributed by atoms with van der Waals surface area (Å²) in [5, 5.41) is 2.66. The standard InChI is InChI=1S/C12H18BrN3O3S.ClH/c13-10-2-4-11(5-3-10)20(18,19)16-9-6-12(17)15-8-1-7-14;/h2-5,16H,1,6-9,14H2,(H,15,17);1H. The van der Waals surface area contributed by atoms with Gasteiger partial charge in [-0.05, 0) is 37.2 Å². The minimum Gasteiger partial charge on any atom is -0.356 e. The lowest BCUT2D eigenvalue weighted by atomic mass is 10.4. The van der Waals surface area contributed by atoms with Gasteiger partial charge in [0.05, 0.1) is 4.90 Å². The van der Waals surface area contributed by atoms with E-state index in [4.69, 9.17) is 5.73 Å². The molecule has 1 amide bonds. The minimum atomic E-state index is -3.57. The summed E-state index contributed by atoms with van der Waals surface area (Å²) in [5.41, 5.74) is 5.30. The second-order valence-electron chi connectivity index (χ2n) is 4.09. The quantitative estimate of drug-likeness (QED) is 0.567. The van der Waals surface area contributed by atoms with E-state index < -0.39 is 10.0 Å². The Morgan fingerprint density at radius 2 is 1.81 bits per heavy atom. The highest BCUT2D eigenvalue weighted by molar-refractivity contribution is 9.10. The third kappa shape index (κ3) is 7.77. The topological polar surface area (TPSA) is 101 Å². The van der Waals surface area contributed by atoms with Gasteiger partial charge in [-0.15, -0.1) is 12.4 Å². The van der Waals surface area contributed by atoms with Crippen LogP contribution in [0.3, 0.4) is 0 Å². The molecule has 0 aromatic heterocycles. The summed E-state index contributed by atoms with van der Waals surface area (Å²) >= 11 is 3.24. The molecule has 1 rings (SSSR count). The minimum absolute atomic E-state index is 0. The van der Waals surface area contributed by atoms with Crippen molar-refractivity contribution in [3.63, 3.8) is 0 Å². The van der Waals surface area contributed by atoms with E-state index in [0.29, 0.717) is 19.5 Å². The van der Waals surface area contributed by atoms with Crippen LogP contribution >= 0.6 is 28.3 Å². The van der Waals surface area contributed by atoms with E-state index >= 15 is 0 Å². The Bertz CT molecular complexity index is 537. The Labute approximate surface area is 139 Å². The van der Waals surface area contributed by atoms with E-state index in [1.165, 1.54) is 12.1 Å². The zero-order valence-corrected chi connectivity index (χ0v) is 14.6. The van der Waals surface area contributed by atoms with E-state index in [-0.39, 0.29) is 36.2 Å². The van der Waals surface area contributed by atoms with E-state index in [1.807, 2.05) is 0 Å². The van der Waals surface area contributed by atoms with E-state index in [1.54, 1.807) is 12.1 Å². The Balaban J connectivity index is 0.00000400. The molecule has 0 bridgehead atoms. The monoisotopic (exact) mass is 399 g/mol. The number of rotatable bonds is 8. The molecule has 0 unspecified atom stereocenters. The van der Waals surface area contributed by atoms with Crippen LogP contribution in [0.4, 0.5) is 0 Å². The normalized spacial score (nSPS) is 10.8. The molecule has 0 fully saturated rings. The largest absolute Gasteiger partial charge is 0.356 e. The van der Waals surface area contributed by atoms with Gasteiger partial charge >= 0.3 is 0 Å². The summed E-state index contributed by atoms with van der Waals surface area (Å²) in [6.07, 6.45) is 0.802. The molecule has 1 aromatic rings. The molecule has 0 atom stereocenters. The molecule has 0 aliphatic rings. The summed E-state index contributed by atoms with van der Waals surface area (Å²) in [4.78, 5) is 11.6. The number of sulfonamides is 1. The second kappa shape index (κ2) is 10.1. The molecule has 0 radical (unpaired) electrons. The molecule has 0 aliphatic carbocycles. The van der Waals surface area contributed by atoms with Crippen molar-refractivity contribution in [2.24, 2.45) is 5.73 Å². The van der Waals surface area contributed by atoms with Gasteiger partial charge in [0.15, 0.2) is 0 Å². The smallest absolute Gasteiger partial charge is 0.240 e. The highest BCUT2D eigenvalue weighted by Crippen LogP contribution is 2.14. The lowest BCUT2D eigenvalue weighted by molar-refractivity contribution is -0.120. The van der Waals surface area contributed by atoms with E-state index in [9.17, 15) is 13.2 Å². The molecule has 0 aliphatic heterocycles. The van der Waals surface area contributed by atoms with Crippen LogP contribution in [0.1, 0.15) is 12.8 Å². The van der Waals surface area contributed by atoms with Crippen LogP contribution in [0.25, 0.3) is 0 Å². The van der Waals surface area contributed by atoms with E-state index in [2.05, 4.69) is 26.0 Å². The maximum absolute atomic E-state index is 11.9. The first-order valence-corrected chi connectivity index (χ1v) is 8.45. The van der Waals surface area contributed by atoms with Crippen molar-refractivity contribution in [3.05, 3.63) is 28.7 Å². The zero-order valence-electron chi connectivity index (χ0n) is 11.3. The van der Waals surface area contributed by atoms with Crippen LogP contribution in [-0.4, -0.2) is 34.0 Å². The number of nitrogens with one attached hydrogen (secondary N) is 2. The number of hydrogen-bond acceptors (Lipinski definition) is 4. The number of amides is 1. The van der Waals surface area contributed by atoms with Crippen LogP contribution in [0.2, 0.25) is 0 Å². The Hall–Kier alpha value is -0.670. The SMILES string of the molecule is Cl.NCCCNC(=O)CCNS(=O)(=O)c1ccc(Br)cc1. The summed E-state index contributed by atoms with van der Waals surface area (Å²) < 4.78 is 27.0. The van der Waals surface area contributed by atoms with Gasteiger partial charge < -0.3 is 11.1 Å². The predicted octanol–water partition coefficient (Wildman–Crippen LogP) is 1.00. The zero-order chi connectivity index (χ0) is 15.0. The molecule has 0 spiro atoms. The maximum Gasteiger partial charge on any atom is 0.240 e. The van der Waals surface area contributed by atoms with Crippen LogP contribution in [0, 0.1) is 0 Å². The number of carbonyl (C=O) groups is 1. The molecular formula is C12H19BrClN3O3S. The molecule has 0 saturated carbocycles. The van der Waals surface area contributed by atoms with Crippen molar-refractivity contribution in [2.45, 2.75) is 17.7 Å². The third-order valence-corrected chi connectivity index (χ3v) is 4.48. The van der Waals surface area contributed by atoms with Crippen molar-refractivity contribution in [1.82, 2.24) is 10.0 Å². The van der Waals surface area contributed by atoms with Gasteiger partial charge in [-0.25, -0.2) is 13.1 Å². The summed E-state index contributed by atoms with van der Waals surface area (Å²) in [6, 6.07) is 6.28. The summed E-state index contributed by atoms with van der Waals surface area (Å²) in [5.74, 6) is -0.197. The van der Waals surface area contributed by atoms with Gasteiger partial charge in [0.25, 0.3) is 0 Å². The molecule has 0 saturated heterocycles. The van der Waals surface area contributed by atoms with Crippen molar-refractivity contribution in [3.8, 4) is 0 Å². The van der Waals surface area contributed by atoms with Gasteiger partial charge in [0.2, 0.25) is 15.9 Å². The van der Waals surface area contributed by atoms with Gasteiger partial charge in [-0.3, -0.25) is 4.79 Å². The fourth-order valence-corrected chi connectivity index (χ4v) is 2.71. The molecule has 4 N–H and O–H groups in total. The maximum atomic E-state index is 11.9. The van der Waals surface area contributed by atoms with Gasteiger partial charge in [-0.1, -0.05) is 15.9 Å².